The molecule has 150 valence electrons. The van der Waals surface area contributed by atoms with Crippen molar-refractivity contribution >= 4 is 11.7 Å². The first kappa shape index (κ1) is 21.3. The van der Waals surface area contributed by atoms with Crippen LogP contribution in [0.4, 0.5) is 13.2 Å². The summed E-state index contributed by atoms with van der Waals surface area (Å²) in [6.45, 7) is 5.17. The monoisotopic (exact) mass is 395 g/mol. The first-order valence-electron chi connectivity index (χ1n) is 8.55. The third-order valence-corrected chi connectivity index (χ3v) is 3.69. The molecule has 1 atom stereocenters. The predicted molar refractivity (Wildman–Crippen MR) is 97.5 cm³/mol. The van der Waals surface area contributed by atoms with Crippen molar-refractivity contribution in [3.8, 4) is 17.2 Å². The molecule has 2 aromatic rings. The first-order valence-corrected chi connectivity index (χ1v) is 8.55. The number of alkyl halides is 3. The van der Waals surface area contributed by atoms with E-state index in [4.69, 9.17) is 14.3 Å². The highest BCUT2D eigenvalue weighted by atomic mass is 19.4. The van der Waals surface area contributed by atoms with E-state index in [1.165, 1.54) is 19.1 Å². The van der Waals surface area contributed by atoms with Crippen molar-refractivity contribution in [2.24, 2.45) is 5.16 Å². The Morgan fingerprint density at radius 3 is 2.00 bits per heavy atom. The van der Waals surface area contributed by atoms with Gasteiger partial charge in [0.1, 0.15) is 17.2 Å². The van der Waals surface area contributed by atoms with Gasteiger partial charge in [0.25, 0.3) is 0 Å². The van der Waals surface area contributed by atoms with Crippen LogP contribution in [0, 0.1) is 0 Å². The molecule has 2 rings (SSSR count). The first-order chi connectivity index (χ1) is 13.2. The Bertz CT molecular complexity index is 815. The van der Waals surface area contributed by atoms with Crippen LogP contribution in [0.3, 0.4) is 0 Å². The van der Waals surface area contributed by atoms with Crippen LogP contribution in [0.2, 0.25) is 0 Å². The number of nitrogens with zero attached hydrogens (tertiary/aromatic N) is 1. The SMILES string of the molecule is CCC(C)=NOC(=O)C(C)Oc1ccc(Oc2ccc(C(F)(F)F)cc2)cc1. The third kappa shape index (κ3) is 6.29. The molecule has 2 aromatic carbocycles. The zero-order valence-corrected chi connectivity index (χ0v) is 15.6. The van der Waals surface area contributed by atoms with Crippen LogP contribution >= 0.6 is 0 Å². The number of hydrogen-bond donors (Lipinski definition) is 0. The Morgan fingerprint density at radius 1 is 1.00 bits per heavy atom. The van der Waals surface area contributed by atoms with Gasteiger partial charge in [-0.2, -0.15) is 13.2 Å². The van der Waals surface area contributed by atoms with Crippen LogP contribution in [0.15, 0.2) is 53.7 Å². The number of carbonyl (C=O) groups excluding carboxylic acids is 1. The lowest BCUT2D eigenvalue weighted by Crippen LogP contribution is -2.25. The summed E-state index contributed by atoms with van der Waals surface area (Å²) in [6.07, 6.45) is -4.59. The molecule has 0 N–H and O–H groups in total. The largest absolute Gasteiger partial charge is 0.479 e. The van der Waals surface area contributed by atoms with Crippen LogP contribution < -0.4 is 9.47 Å². The number of benzene rings is 2. The van der Waals surface area contributed by atoms with Crippen LogP contribution in [-0.2, 0) is 15.8 Å². The molecule has 8 heteroatoms. The maximum atomic E-state index is 12.6. The van der Waals surface area contributed by atoms with Gasteiger partial charge in [-0.15, -0.1) is 0 Å². The minimum atomic E-state index is -4.39. The van der Waals surface area contributed by atoms with Gasteiger partial charge in [-0.1, -0.05) is 12.1 Å². The summed E-state index contributed by atoms with van der Waals surface area (Å²) in [4.78, 5) is 16.6. The van der Waals surface area contributed by atoms with Gasteiger partial charge in [0, 0.05) is 0 Å². The van der Waals surface area contributed by atoms with Crippen molar-refractivity contribution in [2.45, 2.75) is 39.5 Å². The summed E-state index contributed by atoms with van der Waals surface area (Å²) in [6, 6.07) is 10.7. The van der Waals surface area contributed by atoms with E-state index in [-0.39, 0.29) is 5.75 Å². The molecule has 0 aromatic heterocycles. The molecule has 0 spiro atoms. The maximum Gasteiger partial charge on any atom is 0.416 e. The minimum absolute atomic E-state index is 0.266. The van der Waals surface area contributed by atoms with Gasteiger partial charge in [-0.05, 0) is 68.8 Å². The summed E-state index contributed by atoms with van der Waals surface area (Å²) < 4.78 is 48.7. The second-order valence-corrected chi connectivity index (χ2v) is 5.95. The number of rotatable bonds is 7. The average Bonchev–Trinajstić information content (AvgIpc) is 2.67. The molecule has 0 aliphatic rings. The van der Waals surface area contributed by atoms with Gasteiger partial charge < -0.3 is 14.3 Å². The van der Waals surface area contributed by atoms with E-state index in [2.05, 4.69) is 5.16 Å². The van der Waals surface area contributed by atoms with E-state index in [1.54, 1.807) is 31.2 Å². The summed E-state index contributed by atoms with van der Waals surface area (Å²) >= 11 is 0. The summed E-state index contributed by atoms with van der Waals surface area (Å²) in [5.41, 5.74) is -0.0618. The van der Waals surface area contributed by atoms with E-state index in [0.29, 0.717) is 23.6 Å². The summed E-state index contributed by atoms with van der Waals surface area (Å²) in [5, 5.41) is 3.68. The fourth-order valence-electron chi connectivity index (χ4n) is 1.95. The molecule has 0 fully saturated rings. The standard InChI is InChI=1S/C20H20F3NO4/c1-4-13(2)24-28-19(25)14(3)26-16-9-11-18(12-10-16)27-17-7-5-15(6-8-17)20(21,22)23/h5-12,14H,4H2,1-3H3. The molecule has 0 saturated heterocycles. The lowest BCUT2D eigenvalue weighted by molar-refractivity contribution is -0.151. The van der Waals surface area contributed by atoms with E-state index in [9.17, 15) is 18.0 Å². The van der Waals surface area contributed by atoms with Gasteiger partial charge in [0.15, 0.2) is 6.10 Å². The van der Waals surface area contributed by atoms with Crippen LogP contribution in [0.25, 0.3) is 0 Å². The van der Waals surface area contributed by atoms with Gasteiger partial charge in [0.2, 0.25) is 0 Å². The van der Waals surface area contributed by atoms with E-state index >= 15 is 0 Å². The molecule has 28 heavy (non-hydrogen) atoms. The molecule has 5 nitrogen and oxygen atoms in total. The molecular weight excluding hydrogens is 375 g/mol. The molecule has 1 unspecified atom stereocenters. The molecule has 0 aliphatic heterocycles. The Morgan fingerprint density at radius 2 is 1.50 bits per heavy atom. The molecule has 0 heterocycles. The summed E-state index contributed by atoms with van der Waals surface area (Å²) in [5.74, 6) is 0.451. The second-order valence-electron chi connectivity index (χ2n) is 5.95. The number of hydrogen-bond acceptors (Lipinski definition) is 5. The Labute approximate surface area is 160 Å². The fourth-order valence-corrected chi connectivity index (χ4v) is 1.95. The minimum Gasteiger partial charge on any atom is -0.479 e. The maximum absolute atomic E-state index is 12.6. The zero-order chi connectivity index (χ0) is 20.7. The van der Waals surface area contributed by atoms with Crippen molar-refractivity contribution in [3.05, 3.63) is 54.1 Å². The van der Waals surface area contributed by atoms with Crippen molar-refractivity contribution in [1.29, 1.82) is 0 Å². The number of ether oxygens (including phenoxy) is 2. The molecule has 0 radical (unpaired) electrons. The molecule has 0 saturated carbocycles. The van der Waals surface area contributed by atoms with E-state index in [1.807, 2.05) is 6.92 Å². The van der Waals surface area contributed by atoms with Gasteiger partial charge >= 0.3 is 12.1 Å². The Balaban J connectivity index is 1.93. The smallest absolute Gasteiger partial charge is 0.416 e. The number of carbonyl (C=O) groups is 1. The third-order valence-electron chi connectivity index (χ3n) is 3.69. The van der Waals surface area contributed by atoms with Gasteiger partial charge in [-0.25, -0.2) is 4.79 Å². The van der Waals surface area contributed by atoms with Crippen LogP contribution in [-0.4, -0.2) is 17.8 Å². The quantitative estimate of drug-likeness (QED) is 0.348. The van der Waals surface area contributed by atoms with Crippen molar-refractivity contribution in [1.82, 2.24) is 0 Å². The Hall–Kier alpha value is -3.03. The highest BCUT2D eigenvalue weighted by Crippen LogP contribution is 2.31. The highest BCUT2D eigenvalue weighted by Gasteiger charge is 2.30. The zero-order valence-electron chi connectivity index (χ0n) is 15.6. The second kappa shape index (κ2) is 9.25. The van der Waals surface area contributed by atoms with Crippen LogP contribution in [0.1, 0.15) is 32.8 Å². The number of oxime groups is 1. The summed E-state index contributed by atoms with van der Waals surface area (Å²) in [7, 11) is 0. The van der Waals surface area contributed by atoms with Crippen molar-refractivity contribution in [2.75, 3.05) is 0 Å². The van der Waals surface area contributed by atoms with Gasteiger partial charge in [-0.3, -0.25) is 0 Å². The fraction of sp³-hybridized carbons (Fsp3) is 0.300. The normalized spacial score (nSPS) is 13.0. The van der Waals surface area contributed by atoms with E-state index < -0.39 is 23.8 Å². The highest BCUT2D eigenvalue weighted by molar-refractivity contribution is 5.82. The lowest BCUT2D eigenvalue weighted by atomic mass is 10.2. The van der Waals surface area contributed by atoms with E-state index in [0.717, 1.165) is 12.1 Å². The lowest BCUT2D eigenvalue weighted by Gasteiger charge is -2.13. The van der Waals surface area contributed by atoms with Crippen molar-refractivity contribution in [3.63, 3.8) is 0 Å². The molecule has 0 aliphatic carbocycles. The van der Waals surface area contributed by atoms with Crippen LogP contribution in [0.5, 0.6) is 17.2 Å². The topological polar surface area (TPSA) is 57.1 Å². The van der Waals surface area contributed by atoms with Crippen molar-refractivity contribution < 1.29 is 32.3 Å². The predicted octanol–water partition coefficient (Wildman–Crippen LogP) is 5.59. The molecule has 0 bridgehead atoms. The molecular formula is C20H20F3NO4. The average molecular weight is 395 g/mol. The number of halogens is 3. The van der Waals surface area contributed by atoms with Gasteiger partial charge in [0.05, 0.1) is 11.3 Å². The molecule has 0 amide bonds. The Kier molecular flexibility index (Phi) is 7.03.